The molecular formula is C14H21NO. The molecule has 2 heteroatoms. The van der Waals surface area contributed by atoms with Gasteiger partial charge in [0, 0.05) is 24.9 Å². The molecule has 0 bridgehead atoms. The molecule has 0 unspecified atom stereocenters. The first kappa shape index (κ1) is 10.5. The summed E-state index contributed by atoms with van der Waals surface area (Å²) in [6.45, 7) is 1.21. The number of nitrogens with zero attached hydrogens (tertiary/aromatic N) is 1. The van der Waals surface area contributed by atoms with E-state index in [2.05, 4.69) is 17.1 Å². The fourth-order valence-corrected chi connectivity index (χ4v) is 3.73. The van der Waals surface area contributed by atoms with Gasteiger partial charge in [0.2, 0.25) is 0 Å². The Morgan fingerprint density at radius 2 is 2.25 bits per heavy atom. The Morgan fingerprint density at radius 3 is 3.19 bits per heavy atom. The van der Waals surface area contributed by atoms with E-state index in [-0.39, 0.29) is 0 Å². The first-order valence-electron chi connectivity index (χ1n) is 6.79. The van der Waals surface area contributed by atoms with Crippen molar-refractivity contribution in [2.75, 3.05) is 6.54 Å². The molecule has 16 heavy (non-hydrogen) atoms. The van der Waals surface area contributed by atoms with E-state index in [9.17, 15) is 4.79 Å². The minimum absolute atomic E-state index is 0.493. The molecule has 0 aromatic rings. The minimum atomic E-state index is 0.493. The predicted molar refractivity (Wildman–Crippen MR) is 64.2 cm³/mol. The summed E-state index contributed by atoms with van der Waals surface area (Å²) >= 11 is 0. The van der Waals surface area contributed by atoms with Gasteiger partial charge in [-0.3, -0.25) is 9.69 Å². The Labute approximate surface area is 97.7 Å². The zero-order valence-corrected chi connectivity index (χ0v) is 9.90. The zero-order valence-electron chi connectivity index (χ0n) is 9.90. The Kier molecular flexibility index (Phi) is 2.84. The highest BCUT2D eigenvalue weighted by atomic mass is 16.1. The Hall–Kier alpha value is -0.630. The second-order valence-corrected chi connectivity index (χ2v) is 5.57. The zero-order chi connectivity index (χ0) is 11.0. The van der Waals surface area contributed by atoms with Gasteiger partial charge in [-0.2, -0.15) is 0 Å². The molecule has 0 radical (unpaired) electrons. The van der Waals surface area contributed by atoms with Crippen LogP contribution in [-0.4, -0.2) is 29.3 Å². The molecule has 2 fully saturated rings. The number of carbonyl (C=O) groups excluding carboxylic acids is 1. The lowest BCUT2D eigenvalue weighted by Crippen LogP contribution is -2.41. The van der Waals surface area contributed by atoms with E-state index >= 15 is 0 Å². The molecule has 3 atom stereocenters. The van der Waals surface area contributed by atoms with Crippen molar-refractivity contribution in [3.05, 3.63) is 12.2 Å². The van der Waals surface area contributed by atoms with Gasteiger partial charge in [0.25, 0.3) is 0 Å². The molecular weight excluding hydrogens is 198 g/mol. The molecule has 2 aliphatic heterocycles. The van der Waals surface area contributed by atoms with Crippen LogP contribution < -0.4 is 0 Å². The van der Waals surface area contributed by atoms with Crippen molar-refractivity contribution in [3.63, 3.8) is 0 Å². The summed E-state index contributed by atoms with van der Waals surface area (Å²) in [5.74, 6) is 1.29. The number of fused-ring (bicyclic) bond motifs is 3. The van der Waals surface area contributed by atoms with E-state index in [1.807, 2.05) is 0 Å². The Bertz CT molecular complexity index is 310. The average molecular weight is 219 g/mol. The first-order valence-corrected chi connectivity index (χ1v) is 6.79. The summed E-state index contributed by atoms with van der Waals surface area (Å²) in [5.41, 5.74) is 0. The molecule has 0 N–H and O–H groups in total. The van der Waals surface area contributed by atoms with Gasteiger partial charge in [-0.15, -0.1) is 0 Å². The van der Waals surface area contributed by atoms with Gasteiger partial charge in [0.05, 0.1) is 0 Å². The largest absolute Gasteiger partial charge is 0.300 e. The van der Waals surface area contributed by atoms with Gasteiger partial charge >= 0.3 is 0 Å². The molecule has 1 aliphatic carbocycles. The quantitative estimate of drug-likeness (QED) is 0.584. The van der Waals surface area contributed by atoms with Crippen molar-refractivity contribution in [1.82, 2.24) is 4.90 Å². The summed E-state index contributed by atoms with van der Waals surface area (Å²) in [5, 5.41) is 0. The van der Waals surface area contributed by atoms with Gasteiger partial charge in [-0.1, -0.05) is 12.2 Å². The summed E-state index contributed by atoms with van der Waals surface area (Å²) in [4.78, 5) is 14.2. The van der Waals surface area contributed by atoms with E-state index in [0.717, 1.165) is 25.2 Å². The topological polar surface area (TPSA) is 20.3 Å². The summed E-state index contributed by atoms with van der Waals surface area (Å²) in [6.07, 6.45) is 12.7. The van der Waals surface area contributed by atoms with Crippen molar-refractivity contribution >= 4 is 5.78 Å². The third kappa shape index (κ3) is 1.84. The lowest BCUT2D eigenvalue weighted by molar-refractivity contribution is -0.122. The molecule has 1 saturated carbocycles. The number of rotatable bonds is 0. The molecule has 2 heterocycles. The number of hydrogen-bond donors (Lipinski definition) is 0. The normalized spacial score (nSPS) is 42.0. The van der Waals surface area contributed by atoms with Crippen LogP contribution in [-0.2, 0) is 4.79 Å². The van der Waals surface area contributed by atoms with Crippen LogP contribution in [0.3, 0.4) is 0 Å². The van der Waals surface area contributed by atoms with E-state index in [4.69, 9.17) is 0 Å². The standard InChI is InChI=1S/C14H21NO/c16-13-7-6-11-9-12-5-3-1-2-4-8-15(12)14(11)10-13/h3,5,11-12,14H,1-2,4,6-10H2/b5-3-/t11-,12+,14-/m1/s1. The van der Waals surface area contributed by atoms with E-state index < -0.39 is 0 Å². The van der Waals surface area contributed by atoms with Crippen LogP contribution in [0, 0.1) is 5.92 Å². The molecule has 3 aliphatic rings. The van der Waals surface area contributed by atoms with E-state index in [1.165, 1.54) is 32.2 Å². The van der Waals surface area contributed by atoms with Crippen molar-refractivity contribution in [2.24, 2.45) is 5.92 Å². The highest BCUT2D eigenvalue weighted by molar-refractivity contribution is 5.80. The van der Waals surface area contributed by atoms with Crippen molar-refractivity contribution in [2.45, 2.75) is 57.0 Å². The summed E-state index contributed by atoms with van der Waals surface area (Å²) in [7, 11) is 0. The Morgan fingerprint density at radius 1 is 1.31 bits per heavy atom. The maximum absolute atomic E-state index is 11.6. The van der Waals surface area contributed by atoms with Crippen molar-refractivity contribution < 1.29 is 4.79 Å². The van der Waals surface area contributed by atoms with Gasteiger partial charge in [-0.25, -0.2) is 0 Å². The molecule has 0 spiro atoms. The maximum Gasteiger partial charge on any atom is 0.134 e. The highest BCUT2D eigenvalue weighted by Crippen LogP contribution is 2.39. The molecule has 0 aromatic carbocycles. The van der Waals surface area contributed by atoms with Gasteiger partial charge in [0.15, 0.2) is 0 Å². The third-order valence-corrected chi connectivity index (χ3v) is 4.57. The number of allylic oxidation sites excluding steroid dienone is 1. The molecule has 0 aromatic heterocycles. The molecule has 1 saturated heterocycles. The second-order valence-electron chi connectivity index (χ2n) is 5.57. The van der Waals surface area contributed by atoms with Crippen LogP contribution in [0.1, 0.15) is 44.9 Å². The predicted octanol–water partition coefficient (Wildman–Crippen LogP) is 2.54. The average Bonchev–Trinajstić information content (AvgIpc) is 2.55. The smallest absolute Gasteiger partial charge is 0.134 e. The number of Topliss-reactive ketones (excluding diaryl/α,β-unsaturated/α-hetero) is 1. The lowest BCUT2D eigenvalue weighted by atomic mass is 9.84. The first-order chi connectivity index (χ1) is 7.84. The highest BCUT2D eigenvalue weighted by Gasteiger charge is 2.42. The van der Waals surface area contributed by atoms with Crippen LogP contribution in [0.4, 0.5) is 0 Å². The Balaban J connectivity index is 1.79. The van der Waals surface area contributed by atoms with Crippen LogP contribution >= 0.6 is 0 Å². The summed E-state index contributed by atoms with van der Waals surface area (Å²) < 4.78 is 0. The lowest BCUT2D eigenvalue weighted by Gasteiger charge is -2.33. The number of hydrogen-bond acceptors (Lipinski definition) is 2. The van der Waals surface area contributed by atoms with Crippen LogP contribution in [0.5, 0.6) is 0 Å². The molecule has 0 amide bonds. The maximum atomic E-state index is 11.6. The minimum Gasteiger partial charge on any atom is -0.300 e. The second kappa shape index (κ2) is 4.33. The van der Waals surface area contributed by atoms with Crippen molar-refractivity contribution in [3.8, 4) is 0 Å². The molecule has 3 rings (SSSR count). The van der Waals surface area contributed by atoms with Crippen LogP contribution in [0.15, 0.2) is 12.2 Å². The SMILES string of the molecule is O=C1CC[C@@H]2C[C@@H]3/C=C\CCCCN3[C@@H]2C1. The molecule has 2 nitrogen and oxygen atoms in total. The van der Waals surface area contributed by atoms with Gasteiger partial charge in [0.1, 0.15) is 5.78 Å². The number of carbonyl (C=O) groups is 1. The monoisotopic (exact) mass is 219 g/mol. The van der Waals surface area contributed by atoms with E-state index in [0.29, 0.717) is 17.9 Å². The fourth-order valence-electron chi connectivity index (χ4n) is 3.73. The van der Waals surface area contributed by atoms with Gasteiger partial charge in [-0.05, 0) is 44.6 Å². The molecule has 88 valence electrons. The van der Waals surface area contributed by atoms with E-state index in [1.54, 1.807) is 0 Å². The van der Waals surface area contributed by atoms with Crippen LogP contribution in [0.25, 0.3) is 0 Å². The third-order valence-electron chi connectivity index (χ3n) is 4.57. The summed E-state index contributed by atoms with van der Waals surface area (Å²) in [6, 6.07) is 1.22. The van der Waals surface area contributed by atoms with Gasteiger partial charge < -0.3 is 0 Å². The fraction of sp³-hybridized carbons (Fsp3) is 0.786. The van der Waals surface area contributed by atoms with Crippen molar-refractivity contribution in [1.29, 1.82) is 0 Å². The van der Waals surface area contributed by atoms with Crippen LogP contribution in [0.2, 0.25) is 0 Å². The number of ketones is 1.